The van der Waals surface area contributed by atoms with E-state index in [4.69, 9.17) is 16.4 Å². The van der Waals surface area contributed by atoms with Crippen molar-refractivity contribution in [2.24, 2.45) is 27.8 Å². The van der Waals surface area contributed by atoms with Gasteiger partial charge in [0.15, 0.2) is 5.60 Å². The Morgan fingerprint density at radius 3 is 2.37 bits per heavy atom. The van der Waals surface area contributed by atoms with Crippen LogP contribution < -0.4 is 16.0 Å². The van der Waals surface area contributed by atoms with Gasteiger partial charge in [-0.05, 0) is 49.7 Å². The summed E-state index contributed by atoms with van der Waals surface area (Å²) in [5, 5.41) is 12.8. The Morgan fingerprint density at radius 2 is 1.78 bits per heavy atom. The number of hydrogen-bond acceptors (Lipinski definition) is 7. The Kier molecular flexibility index (Phi) is 9.79. The van der Waals surface area contributed by atoms with Crippen LogP contribution in [0.4, 0.5) is 0 Å². The molecule has 1 saturated carbocycles. The van der Waals surface area contributed by atoms with Gasteiger partial charge in [-0.15, -0.1) is 0 Å². The highest BCUT2D eigenvalue weighted by molar-refractivity contribution is 6.38. The number of nitrogens with one attached hydrogen (secondary N) is 3. The van der Waals surface area contributed by atoms with E-state index in [1.165, 1.54) is 18.9 Å². The SMILES string of the molecule is CNC(=O)C(=O)[C@H](C)NC(=O)[C@@H]1C[C@]2(CC(c3cccc(Cl)c3)=NO2)CN1C(=O)[C@@H](NC(=O)[C@@H]1C(C=C(C)C)C1(C)C)C(C)(C)C. The van der Waals surface area contributed by atoms with Gasteiger partial charge in [0.05, 0.1) is 24.2 Å². The van der Waals surface area contributed by atoms with E-state index in [0.717, 1.165) is 11.1 Å². The summed E-state index contributed by atoms with van der Waals surface area (Å²) < 4.78 is 0. The normalized spacial score (nSPS) is 25.9. The highest BCUT2D eigenvalue weighted by atomic mass is 35.5. The molecule has 0 radical (unpaired) electrons. The summed E-state index contributed by atoms with van der Waals surface area (Å²) >= 11 is 6.21. The van der Waals surface area contributed by atoms with Crippen LogP contribution in [0.1, 0.15) is 73.8 Å². The number of likely N-dealkylation sites (tertiary alicyclic amines) is 1. The van der Waals surface area contributed by atoms with Crippen molar-refractivity contribution in [1.29, 1.82) is 0 Å². The van der Waals surface area contributed by atoms with Gasteiger partial charge in [-0.25, -0.2) is 0 Å². The Bertz CT molecular complexity index is 1490. The summed E-state index contributed by atoms with van der Waals surface area (Å²) in [5.41, 5.74) is 0.511. The molecule has 11 nitrogen and oxygen atoms in total. The number of ketones is 1. The Hall–Kier alpha value is -3.73. The second-order valence-electron chi connectivity index (χ2n) is 14.7. The first-order valence-electron chi connectivity index (χ1n) is 15.6. The van der Waals surface area contributed by atoms with Crippen LogP contribution in [0.2, 0.25) is 5.02 Å². The Morgan fingerprint density at radius 1 is 1.11 bits per heavy atom. The second-order valence-corrected chi connectivity index (χ2v) is 15.2. The molecule has 1 saturated heterocycles. The number of rotatable bonds is 9. The van der Waals surface area contributed by atoms with Gasteiger partial charge >= 0.3 is 0 Å². The fourth-order valence-corrected chi connectivity index (χ4v) is 6.73. The number of allylic oxidation sites excluding steroid dienone is 2. The lowest BCUT2D eigenvalue weighted by Gasteiger charge is -2.35. The fourth-order valence-electron chi connectivity index (χ4n) is 6.54. The summed E-state index contributed by atoms with van der Waals surface area (Å²) in [4.78, 5) is 73.8. The predicted molar refractivity (Wildman–Crippen MR) is 175 cm³/mol. The molecule has 12 heteroatoms. The molecule has 3 N–H and O–H groups in total. The number of amides is 4. The Balaban J connectivity index is 1.62. The molecule has 1 aromatic carbocycles. The quantitative estimate of drug-likeness (QED) is 0.275. The third-order valence-electron chi connectivity index (χ3n) is 9.29. The zero-order valence-corrected chi connectivity index (χ0v) is 28.9. The molecule has 0 aromatic heterocycles. The first kappa shape index (κ1) is 35.1. The molecule has 1 unspecified atom stereocenters. The van der Waals surface area contributed by atoms with Crippen LogP contribution in [0.25, 0.3) is 0 Å². The van der Waals surface area contributed by atoms with E-state index in [9.17, 15) is 24.0 Å². The smallest absolute Gasteiger partial charge is 0.289 e. The topological polar surface area (TPSA) is 146 Å². The highest BCUT2D eigenvalue weighted by Gasteiger charge is 2.61. The Labute approximate surface area is 275 Å². The first-order chi connectivity index (χ1) is 21.3. The van der Waals surface area contributed by atoms with Crippen molar-refractivity contribution in [2.45, 2.75) is 92.0 Å². The van der Waals surface area contributed by atoms with Crippen LogP contribution in [-0.4, -0.2) is 77.3 Å². The molecule has 250 valence electrons. The maximum atomic E-state index is 14.5. The van der Waals surface area contributed by atoms with Crippen molar-refractivity contribution >= 4 is 46.7 Å². The van der Waals surface area contributed by atoms with Crippen molar-refractivity contribution in [3.8, 4) is 0 Å². The fraction of sp³-hybridized carbons (Fsp3) is 0.588. The van der Waals surface area contributed by atoms with Crippen molar-refractivity contribution < 1.29 is 28.8 Å². The molecule has 46 heavy (non-hydrogen) atoms. The van der Waals surface area contributed by atoms with Crippen molar-refractivity contribution in [3.05, 3.63) is 46.5 Å². The predicted octanol–water partition coefficient (Wildman–Crippen LogP) is 3.39. The van der Waals surface area contributed by atoms with Crippen LogP contribution in [0.15, 0.2) is 41.1 Å². The monoisotopic (exact) mass is 655 g/mol. The lowest BCUT2D eigenvalue weighted by atomic mass is 9.85. The number of oxime groups is 1. The largest absolute Gasteiger partial charge is 0.387 e. The van der Waals surface area contributed by atoms with Crippen LogP contribution in [0.3, 0.4) is 0 Å². The number of likely N-dealkylation sites (N-methyl/N-ethyl adjacent to an activating group) is 1. The van der Waals surface area contributed by atoms with Crippen molar-refractivity contribution in [1.82, 2.24) is 20.9 Å². The van der Waals surface area contributed by atoms with Gasteiger partial charge in [-0.1, -0.05) is 75.2 Å². The van der Waals surface area contributed by atoms with Gasteiger partial charge < -0.3 is 25.7 Å². The molecular weight excluding hydrogens is 610 g/mol. The molecule has 2 heterocycles. The molecule has 0 bridgehead atoms. The lowest BCUT2D eigenvalue weighted by Crippen LogP contribution is -2.59. The average molecular weight is 656 g/mol. The third kappa shape index (κ3) is 7.14. The lowest BCUT2D eigenvalue weighted by molar-refractivity contribution is -0.145. The number of carbonyl (C=O) groups is 5. The van der Waals surface area contributed by atoms with Crippen molar-refractivity contribution in [3.63, 3.8) is 0 Å². The standard InChI is InChI=1S/C34H46ClN5O6/c1-18(2)13-22-25(33(22,7)8)29(43)38-27(32(4,5)6)31(45)40-17-34(15-23(39-46-34)20-11-10-12-21(35)14-20)16-24(40)28(42)37-19(3)26(41)30(44)36-9/h10-14,19,22,24-25,27H,15-17H2,1-9H3,(H,36,44)(H,37,42)(H,38,43)/t19-,22?,24-,25-,27+,34+/m0/s1. The molecule has 1 aliphatic carbocycles. The number of halogens is 1. The van der Waals surface area contributed by atoms with Gasteiger partial charge in [-0.2, -0.15) is 0 Å². The minimum absolute atomic E-state index is 0.0209. The maximum Gasteiger partial charge on any atom is 0.289 e. The number of nitrogens with zero attached hydrogens (tertiary/aromatic N) is 2. The van der Waals surface area contributed by atoms with E-state index in [2.05, 4.69) is 27.2 Å². The summed E-state index contributed by atoms with van der Waals surface area (Å²) in [6, 6.07) is 4.02. The van der Waals surface area contributed by atoms with Gasteiger partial charge in [-0.3, -0.25) is 24.0 Å². The molecule has 4 amide bonds. The van der Waals surface area contributed by atoms with E-state index in [1.807, 2.05) is 54.5 Å². The maximum absolute atomic E-state index is 14.5. The van der Waals surface area contributed by atoms with E-state index >= 15 is 0 Å². The zero-order chi connectivity index (χ0) is 34.4. The van der Waals surface area contributed by atoms with Gasteiger partial charge in [0.2, 0.25) is 23.5 Å². The number of carbonyl (C=O) groups excluding carboxylic acids is 5. The van der Waals surface area contributed by atoms with Gasteiger partial charge in [0.1, 0.15) is 12.1 Å². The third-order valence-corrected chi connectivity index (χ3v) is 9.53. The molecule has 1 aromatic rings. The van der Waals surface area contributed by atoms with E-state index in [0.29, 0.717) is 17.2 Å². The summed E-state index contributed by atoms with van der Waals surface area (Å²) in [6.07, 6.45) is 2.49. The summed E-state index contributed by atoms with van der Waals surface area (Å²) in [6.45, 7) is 15.1. The van der Waals surface area contributed by atoms with Gasteiger partial charge in [0.25, 0.3) is 5.91 Å². The highest BCUT2D eigenvalue weighted by Crippen LogP contribution is 2.59. The number of benzene rings is 1. The minimum Gasteiger partial charge on any atom is -0.387 e. The van der Waals surface area contributed by atoms with Crippen LogP contribution in [0, 0.1) is 22.7 Å². The van der Waals surface area contributed by atoms with Crippen molar-refractivity contribution in [2.75, 3.05) is 13.6 Å². The first-order valence-corrected chi connectivity index (χ1v) is 16.0. The van der Waals surface area contributed by atoms with Gasteiger partial charge in [0, 0.05) is 30.5 Å². The number of Topliss-reactive ketones (excluding diaryl/α,β-unsaturated/α-hetero) is 1. The molecule has 1 spiro atoms. The van der Waals surface area contributed by atoms with Crippen LogP contribution in [0.5, 0.6) is 0 Å². The van der Waals surface area contributed by atoms with E-state index in [1.54, 1.807) is 18.2 Å². The second kappa shape index (κ2) is 12.8. The molecular formula is C34H46ClN5O6. The van der Waals surface area contributed by atoms with Crippen LogP contribution in [-0.2, 0) is 28.8 Å². The average Bonchev–Trinajstić information content (AvgIpc) is 3.28. The summed E-state index contributed by atoms with van der Waals surface area (Å²) in [5.74, 6) is -3.18. The zero-order valence-electron chi connectivity index (χ0n) is 28.1. The minimum atomic E-state index is -1.13. The molecule has 2 aliphatic heterocycles. The molecule has 4 rings (SSSR count). The van der Waals surface area contributed by atoms with E-state index in [-0.39, 0.29) is 36.1 Å². The number of hydrogen-bond donors (Lipinski definition) is 3. The summed E-state index contributed by atoms with van der Waals surface area (Å²) in [7, 11) is 1.33. The van der Waals surface area contributed by atoms with E-state index < -0.39 is 52.6 Å². The molecule has 3 aliphatic rings. The molecule has 6 atom stereocenters. The molecule has 2 fully saturated rings. The van der Waals surface area contributed by atoms with Crippen LogP contribution >= 0.6 is 11.6 Å².